The van der Waals surface area contributed by atoms with Gasteiger partial charge >= 0.3 is 0 Å². The zero-order valence-electron chi connectivity index (χ0n) is 12.6. The van der Waals surface area contributed by atoms with Gasteiger partial charge in [-0.25, -0.2) is 0 Å². The zero-order chi connectivity index (χ0) is 17.3. The Morgan fingerprint density at radius 1 is 1.17 bits per heavy atom. The van der Waals surface area contributed by atoms with E-state index in [0.29, 0.717) is 10.6 Å². The number of ketones is 1. The van der Waals surface area contributed by atoms with E-state index in [-0.39, 0.29) is 39.9 Å². The standard InChI is InChI=1S/C18H12Cl2O4/c1-10(21)9-23-18-15(22)13-7-12(19)8-14(20)17(13)24-16(18)11-5-3-2-4-6-11/h2-8H,9H2,1H3. The molecule has 0 fully saturated rings. The maximum absolute atomic E-state index is 12.8. The van der Waals surface area contributed by atoms with Crippen molar-refractivity contribution < 1.29 is 13.9 Å². The van der Waals surface area contributed by atoms with Crippen molar-refractivity contribution in [3.8, 4) is 17.1 Å². The van der Waals surface area contributed by atoms with E-state index in [1.54, 1.807) is 24.3 Å². The predicted molar refractivity (Wildman–Crippen MR) is 94.1 cm³/mol. The highest BCUT2D eigenvalue weighted by atomic mass is 35.5. The first-order valence-corrected chi connectivity index (χ1v) is 7.86. The molecule has 1 aromatic heterocycles. The molecule has 0 saturated heterocycles. The summed E-state index contributed by atoms with van der Waals surface area (Å²) in [5.41, 5.74) is 0.432. The highest BCUT2D eigenvalue weighted by Gasteiger charge is 2.20. The Kier molecular flexibility index (Phi) is 4.60. The van der Waals surface area contributed by atoms with Crippen molar-refractivity contribution in [3.05, 3.63) is 62.7 Å². The summed E-state index contributed by atoms with van der Waals surface area (Å²) in [5.74, 6) is -0.0292. The summed E-state index contributed by atoms with van der Waals surface area (Å²) >= 11 is 12.1. The third kappa shape index (κ3) is 3.16. The minimum absolute atomic E-state index is 0.0396. The fourth-order valence-corrected chi connectivity index (χ4v) is 2.82. The van der Waals surface area contributed by atoms with Crippen LogP contribution in [-0.2, 0) is 4.79 Å². The summed E-state index contributed by atoms with van der Waals surface area (Å²) in [4.78, 5) is 24.1. The van der Waals surface area contributed by atoms with Crippen LogP contribution in [0, 0.1) is 0 Å². The molecule has 4 nitrogen and oxygen atoms in total. The Hall–Kier alpha value is -2.30. The van der Waals surface area contributed by atoms with Crippen LogP contribution in [0.5, 0.6) is 5.75 Å². The minimum atomic E-state index is -0.430. The molecular formula is C18H12Cl2O4. The van der Waals surface area contributed by atoms with Crippen LogP contribution in [-0.4, -0.2) is 12.4 Å². The molecule has 24 heavy (non-hydrogen) atoms. The molecule has 0 aliphatic carbocycles. The maximum atomic E-state index is 12.8. The Morgan fingerprint density at radius 3 is 2.54 bits per heavy atom. The van der Waals surface area contributed by atoms with E-state index in [4.69, 9.17) is 32.4 Å². The average molecular weight is 363 g/mol. The van der Waals surface area contributed by atoms with Gasteiger partial charge in [0, 0.05) is 10.6 Å². The molecule has 0 bridgehead atoms. The van der Waals surface area contributed by atoms with Crippen molar-refractivity contribution in [1.82, 2.24) is 0 Å². The summed E-state index contributed by atoms with van der Waals surface area (Å²) in [5, 5.41) is 0.736. The van der Waals surface area contributed by atoms with Crippen molar-refractivity contribution in [3.63, 3.8) is 0 Å². The fourth-order valence-electron chi connectivity index (χ4n) is 2.29. The summed E-state index contributed by atoms with van der Waals surface area (Å²) < 4.78 is 11.3. The lowest BCUT2D eigenvalue weighted by Crippen LogP contribution is -2.15. The Labute approximate surface area is 147 Å². The summed E-state index contributed by atoms with van der Waals surface area (Å²) in [6.45, 7) is 1.14. The van der Waals surface area contributed by atoms with E-state index < -0.39 is 5.43 Å². The molecular weight excluding hydrogens is 351 g/mol. The largest absolute Gasteiger partial charge is 0.478 e. The predicted octanol–water partition coefficient (Wildman–Crippen LogP) is 4.73. The molecule has 0 unspecified atom stereocenters. The number of hydrogen-bond donors (Lipinski definition) is 0. The van der Waals surface area contributed by atoms with Gasteiger partial charge in [0.2, 0.25) is 11.2 Å². The molecule has 2 aromatic carbocycles. The average Bonchev–Trinajstić information content (AvgIpc) is 2.55. The third-order valence-electron chi connectivity index (χ3n) is 3.33. The van der Waals surface area contributed by atoms with Crippen LogP contribution in [0.1, 0.15) is 6.92 Å². The number of carbonyl (C=O) groups excluding carboxylic acids is 1. The number of ether oxygens (including phenoxy) is 1. The number of halogens is 2. The molecule has 1 heterocycles. The SMILES string of the molecule is CC(=O)COc1c(-c2ccccc2)oc2c(Cl)cc(Cl)cc2c1=O. The van der Waals surface area contributed by atoms with E-state index in [1.165, 1.54) is 19.1 Å². The smallest absolute Gasteiger partial charge is 0.235 e. The van der Waals surface area contributed by atoms with Crippen LogP contribution in [0.2, 0.25) is 10.0 Å². The van der Waals surface area contributed by atoms with E-state index in [1.807, 2.05) is 6.07 Å². The van der Waals surface area contributed by atoms with Crippen LogP contribution in [0.25, 0.3) is 22.3 Å². The lowest BCUT2D eigenvalue weighted by Gasteiger charge is -2.11. The molecule has 0 aliphatic rings. The van der Waals surface area contributed by atoms with Gasteiger partial charge in [-0.15, -0.1) is 0 Å². The van der Waals surface area contributed by atoms with Crippen LogP contribution in [0.3, 0.4) is 0 Å². The maximum Gasteiger partial charge on any atom is 0.235 e. The van der Waals surface area contributed by atoms with Crippen LogP contribution < -0.4 is 10.2 Å². The van der Waals surface area contributed by atoms with Gasteiger partial charge < -0.3 is 9.15 Å². The molecule has 0 radical (unpaired) electrons. The van der Waals surface area contributed by atoms with Crippen molar-refractivity contribution in [2.45, 2.75) is 6.92 Å². The molecule has 0 saturated carbocycles. The van der Waals surface area contributed by atoms with Crippen molar-refractivity contribution in [2.24, 2.45) is 0 Å². The van der Waals surface area contributed by atoms with E-state index in [0.717, 1.165) is 0 Å². The quantitative estimate of drug-likeness (QED) is 0.672. The van der Waals surface area contributed by atoms with Crippen LogP contribution in [0.15, 0.2) is 51.7 Å². The van der Waals surface area contributed by atoms with Gasteiger partial charge in [0.1, 0.15) is 6.61 Å². The molecule has 0 atom stereocenters. The van der Waals surface area contributed by atoms with E-state index in [2.05, 4.69) is 0 Å². The lowest BCUT2D eigenvalue weighted by atomic mass is 10.1. The molecule has 0 amide bonds. The number of benzene rings is 2. The first-order chi connectivity index (χ1) is 11.5. The van der Waals surface area contributed by atoms with Gasteiger partial charge in [-0.2, -0.15) is 0 Å². The number of fused-ring (bicyclic) bond motifs is 1. The second-order valence-electron chi connectivity index (χ2n) is 5.21. The second kappa shape index (κ2) is 6.67. The molecule has 3 aromatic rings. The topological polar surface area (TPSA) is 56.5 Å². The fraction of sp³-hybridized carbons (Fsp3) is 0.111. The van der Waals surface area contributed by atoms with E-state index >= 15 is 0 Å². The lowest BCUT2D eigenvalue weighted by molar-refractivity contribution is -0.118. The highest BCUT2D eigenvalue weighted by molar-refractivity contribution is 6.38. The molecule has 0 N–H and O–H groups in total. The van der Waals surface area contributed by atoms with Gasteiger partial charge in [-0.05, 0) is 19.1 Å². The van der Waals surface area contributed by atoms with Gasteiger partial charge in [-0.1, -0.05) is 53.5 Å². The van der Waals surface area contributed by atoms with E-state index in [9.17, 15) is 9.59 Å². The number of rotatable bonds is 4. The normalized spacial score (nSPS) is 10.8. The number of hydrogen-bond acceptors (Lipinski definition) is 4. The van der Waals surface area contributed by atoms with Crippen LogP contribution >= 0.6 is 23.2 Å². The molecule has 3 rings (SSSR count). The van der Waals surface area contributed by atoms with Gasteiger partial charge in [-0.3, -0.25) is 9.59 Å². The van der Waals surface area contributed by atoms with Crippen molar-refractivity contribution in [1.29, 1.82) is 0 Å². The summed E-state index contributed by atoms with van der Waals surface area (Å²) in [6.07, 6.45) is 0. The molecule has 122 valence electrons. The highest BCUT2D eigenvalue weighted by Crippen LogP contribution is 2.34. The first-order valence-electron chi connectivity index (χ1n) is 7.11. The van der Waals surface area contributed by atoms with Crippen LogP contribution in [0.4, 0.5) is 0 Å². The Bertz CT molecular complexity index is 978. The molecule has 0 spiro atoms. The zero-order valence-corrected chi connectivity index (χ0v) is 14.1. The van der Waals surface area contributed by atoms with Gasteiger partial charge in [0.15, 0.2) is 17.1 Å². The second-order valence-corrected chi connectivity index (χ2v) is 6.05. The molecule has 0 aliphatic heterocycles. The third-order valence-corrected chi connectivity index (χ3v) is 3.82. The summed E-state index contributed by atoms with van der Waals surface area (Å²) in [7, 11) is 0. The first kappa shape index (κ1) is 16.6. The Balaban J connectivity index is 2.33. The summed E-state index contributed by atoms with van der Waals surface area (Å²) in [6, 6.07) is 12.0. The van der Waals surface area contributed by atoms with Crippen molar-refractivity contribution >= 4 is 40.0 Å². The minimum Gasteiger partial charge on any atom is -0.478 e. The Morgan fingerprint density at radius 2 is 1.88 bits per heavy atom. The monoisotopic (exact) mass is 362 g/mol. The molecule has 6 heteroatoms. The number of carbonyl (C=O) groups is 1. The van der Waals surface area contributed by atoms with Gasteiger partial charge in [0.25, 0.3) is 0 Å². The number of Topliss-reactive ketones (excluding diaryl/α,β-unsaturated/α-hetero) is 1. The van der Waals surface area contributed by atoms with Crippen molar-refractivity contribution in [2.75, 3.05) is 6.61 Å². The van der Waals surface area contributed by atoms with Gasteiger partial charge in [0.05, 0.1) is 10.4 Å².